The monoisotopic (exact) mass is 337 g/mol. The minimum Gasteiger partial charge on any atom is -0.301 e. The van der Waals surface area contributed by atoms with Crippen molar-refractivity contribution >= 4 is 10.9 Å². The topological polar surface area (TPSA) is 66.8 Å². The molecule has 0 radical (unpaired) electrons. The standard InChI is InChI=1S/C19H23N5O/c1-14-11-18(22-21-14)15-5-4-8-23(12-15)9-10-24-13-20-17-7-3-2-6-16(17)19(24)25/h2-3,6-7,11,13,15H,4-5,8-10,12H2,1H3,(H,21,22)/t15-/m0/s1. The molecular formula is C19H23N5O. The second kappa shape index (κ2) is 6.80. The molecule has 6 heteroatoms. The van der Waals surface area contributed by atoms with E-state index in [1.165, 1.54) is 12.8 Å². The molecule has 0 aliphatic carbocycles. The number of nitrogens with one attached hydrogen (secondary N) is 1. The predicted octanol–water partition coefficient (Wildman–Crippen LogP) is 2.31. The summed E-state index contributed by atoms with van der Waals surface area (Å²) in [5, 5.41) is 8.15. The molecule has 6 nitrogen and oxygen atoms in total. The van der Waals surface area contributed by atoms with E-state index in [4.69, 9.17) is 0 Å². The van der Waals surface area contributed by atoms with E-state index in [0.29, 0.717) is 17.8 Å². The first kappa shape index (κ1) is 16.0. The second-order valence-electron chi connectivity index (χ2n) is 6.88. The molecule has 4 rings (SSSR count). The Morgan fingerprint density at radius 2 is 2.16 bits per heavy atom. The summed E-state index contributed by atoms with van der Waals surface area (Å²) in [4.78, 5) is 19.4. The highest BCUT2D eigenvalue weighted by atomic mass is 16.1. The summed E-state index contributed by atoms with van der Waals surface area (Å²) in [5.74, 6) is 0.477. The Bertz CT molecular complexity index is 929. The number of hydrogen-bond acceptors (Lipinski definition) is 4. The molecule has 0 saturated carbocycles. The van der Waals surface area contributed by atoms with Crippen molar-refractivity contribution in [1.29, 1.82) is 0 Å². The molecular weight excluding hydrogens is 314 g/mol. The molecule has 25 heavy (non-hydrogen) atoms. The van der Waals surface area contributed by atoms with Crippen molar-refractivity contribution in [3.63, 3.8) is 0 Å². The van der Waals surface area contributed by atoms with Gasteiger partial charge in [-0.15, -0.1) is 0 Å². The van der Waals surface area contributed by atoms with Crippen LogP contribution in [0.3, 0.4) is 0 Å². The normalized spacial score (nSPS) is 18.7. The van der Waals surface area contributed by atoms with Crippen LogP contribution in [0, 0.1) is 6.92 Å². The summed E-state index contributed by atoms with van der Waals surface area (Å²) in [6.45, 7) is 5.65. The molecule has 0 spiro atoms. The Labute approximate surface area is 146 Å². The number of aromatic nitrogens is 4. The van der Waals surface area contributed by atoms with E-state index in [-0.39, 0.29) is 5.56 Å². The molecule has 2 aromatic heterocycles. The lowest BCUT2D eigenvalue weighted by Crippen LogP contribution is -2.38. The fourth-order valence-corrected chi connectivity index (χ4v) is 3.66. The van der Waals surface area contributed by atoms with E-state index in [9.17, 15) is 4.79 Å². The minimum atomic E-state index is 0.0436. The number of rotatable bonds is 4. The lowest BCUT2D eigenvalue weighted by Gasteiger charge is -2.31. The average molecular weight is 337 g/mol. The number of piperidine rings is 1. The molecule has 1 aromatic carbocycles. The van der Waals surface area contributed by atoms with Crippen LogP contribution in [0.15, 0.2) is 41.5 Å². The van der Waals surface area contributed by atoms with Gasteiger partial charge in [0.25, 0.3) is 5.56 Å². The first-order chi connectivity index (χ1) is 12.2. The molecule has 0 bridgehead atoms. The Balaban J connectivity index is 1.44. The third kappa shape index (κ3) is 3.35. The van der Waals surface area contributed by atoms with Gasteiger partial charge in [0.1, 0.15) is 0 Å². The largest absolute Gasteiger partial charge is 0.301 e. The number of para-hydroxylation sites is 1. The third-order valence-corrected chi connectivity index (χ3v) is 5.04. The third-order valence-electron chi connectivity index (χ3n) is 5.04. The van der Waals surface area contributed by atoms with Gasteiger partial charge in [0.15, 0.2) is 0 Å². The molecule has 1 fully saturated rings. The molecule has 1 N–H and O–H groups in total. The number of aryl methyl sites for hydroxylation is 1. The maximum absolute atomic E-state index is 12.6. The number of benzene rings is 1. The van der Waals surface area contributed by atoms with Gasteiger partial charge in [-0.2, -0.15) is 5.10 Å². The van der Waals surface area contributed by atoms with E-state index >= 15 is 0 Å². The van der Waals surface area contributed by atoms with Crippen molar-refractivity contribution in [2.45, 2.75) is 32.2 Å². The van der Waals surface area contributed by atoms with Crippen molar-refractivity contribution in [3.8, 4) is 0 Å². The molecule has 1 saturated heterocycles. The Morgan fingerprint density at radius 3 is 3.00 bits per heavy atom. The summed E-state index contributed by atoms with van der Waals surface area (Å²) in [6.07, 6.45) is 4.02. The van der Waals surface area contributed by atoms with E-state index in [2.05, 4.69) is 26.1 Å². The van der Waals surface area contributed by atoms with Crippen LogP contribution in [-0.4, -0.2) is 44.3 Å². The molecule has 130 valence electrons. The fourth-order valence-electron chi connectivity index (χ4n) is 3.66. The summed E-state index contributed by atoms with van der Waals surface area (Å²) in [7, 11) is 0. The maximum atomic E-state index is 12.6. The summed E-state index contributed by atoms with van der Waals surface area (Å²) in [5.41, 5.74) is 3.07. The van der Waals surface area contributed by atoms with Crippen LogP contribution in [-0.2, 0) is 6.54 Å². The first-order valence-corrected chi connectivity index (χ1v) is 8.89. The number of hydrogen-bond donors (Lipinski definition) is 1. The van der Waals surface area contributed by atoms with E-state index in [1.54, 1.807) is 10.9 Å². The Kier molecular flexibility index (Phi) is 4.36. The molecule has 3 aromatic rings. The number of likely N-dealkylation sites (tertiary alicyclic amines) is 1. The average Bonchev–Trinajstić information content (AvgIpc) is 3.08. The Morgan fingerprint density at radius 1 is 1.28 bits per heavy atom. The van der Waals surface area contributed by atoms with Crippen LogP contribution in [0.5, 0.6) is 0 Å². The lowest BCUT2D eigenvalue weighted by molar-refractivity contribution is 0.198. The predicted molar refractivity (Wildman–Crippen MR) is 97.7 cm³/mol. The van der Waals surface area contributed by atoms with Crippen molar-refractivity contribution in [3.05, 3.63) is 58.4 Å². The summed E-state index contributed by atoms with van der Waals surface area (Å²) in [6, 6.07) is 9.66. The molecule has 3 heterocycles. The second-order valence-corrected chi connectivity index (χ2v) is 6.88. The van der Waals surface area contributed by atoms with E-state index in [1.807, 2.05) is 31.2 Å². The van der Waals surface area contributed by atoms with Gasteiger partial charge in [0.05, 0.1) is 22.9 Å². The lowest BCUT2D eigenvalue weighted by atomic mass is 9.95. The van der Waals surface area contributed by atoms with Crippen molar-refractivity contribution in [2.24, 2.45) is 0 Å². The van der Waals surface area contributed by atoms with Gasteiger partial charge in [0, 0.05) is 31.2 Å². The summed E-state index contributed by atoms with van der Waals surface area (Å²) < 4.78 is 1.73. The van der Waals surface area contributed by atoms with Crippen LogP contribution in [0.4, 0.5) is 0 Å². The highest BCUT2D eigenvalue weighted by Crippen LogP contribution is 2.25. The van der Waals surface area contributed by atoms with Gasteiger partial charge < -0.3 is 4.90 Å². The van der Waals surface area contributed by atoms with Crippen LogP contribution in [0.1, 0.15) is 30.1 Å². The zero-order chi connectivity index (χ0) is 17.2. The first-order valence-electron chi connectivity index (χ1n) is 8.89. The van der Waals surface area contributed by atoms with E-state index < -0.39 is 0 Å². The van der Waals surface area contributed by atoms with Crippen LogP contribution in [0.25, 0.3) is 10.9 Å². The van der Waals surface area contributed by atoms with Crippen molar-refractivity contribution in [2.75, 3.05) is 19.6 Å². The highest BCUT2D eigenvalue weighted by Gasteiger charge is 2.23. The number of aromatic amines is 1. The Hall–Kier alpha value is -2.47. The number of H-pyrrole nitrogens is 1. The van der Waals surface area contributed by atoms with Gasteiger partial charge >= 0.3 is 0 Å². The molecule has 1 aliphatic heterocycles. The smallest absolute Gasteiger partial charge is 0.261 e. The maximum Gasteiger partial charge on any atom is 0.261 e. The zero-order valence-electron chi connectivity index (χ0n) is 14.5. The van der Waals surface area contributed by atoms with E-state index in [0.717, 1.165) is 36.5 Å². The molecule has 1 atom stereocenters. The van der Waals surface area contributed by atoms with Crippen LogP contribution >= 0.6 is 0 Å². The molecule has 1 aliphatic rings. The van der Waals surface area contributed by atoms with Crippen molar-refractivity contribution < 1.29 is 0 Å². The highest BCUT2D eigenvalue weighted by molar-refractivity contribution is 5.76. The van der Waals surface area contributed by atoms with Gasteiger partial charge in [-0.1, -0.05) is 12.1 Å². The fraction of sp³-hybridized carbons (Fsp3) is 0.421. The van der Waals surface area contributed by atoms with Gasteiger partial charge in [0.2, 0.25) is 0 Å². The SMILES string of the molecule is Cc1cc([C@H]2CCCN(CCn3cnc4ccccc4c3=O)C2)n[nH]1. The van der Waals surface area contributed by atoms with Crippen LogP contribution in [0.2, 0.25) is 0 Å². The van der Waals surface area contributed by atoms with Gasteiger partial charge in [-0.25, -0.2) is 4.98 Å². The minimum absolute atomic E-state index is 0.0436. The van der Waals surface area contributed by atoms with Gasteiger partial charge in [-0.05, 0) is 44.5 Å². The van der Waals surface area contributed by atoms with Gasteiger partial charge in [-0.3, -0.25) is 14.5 Å². The van der Waals surface area contributed by atoms with Crippen LogP contribution < -0.4 is 5.56 Å². The zero-order valence-corrected chi connectivity index (χ0v) is 14.5. The number of fused-ring (bicyclic) bond motifs is 1. The summed E-state index contributed by atoms with van der Waals surface area (Å²) >= 11 is 0. The van der Waals surface area contributed by atoms with Crippen molar-refractivity contribution in [1.82, 2.24) is 24.6 Å². The number of nitrogens with zero attached hydrogens (tertiary/aromatic N) is 4. The quantitative estimate of drug-likeness (QED) is 0.793. The molecule has 0 unspecified atom stereocenters. The molecule has 0 amide bonds.